The van der Waals surface area contributed by atoms with Crippen LogP contribution in [-0.4, -0.2) is 48.6 Å². The molecule has 1 spiro atoms. The van der Waals surface area contributed by atoms with Gasteiger partial charge in [-0.05, 0) is 73.8 Å². The van der Waals surface area contributed by atoms with E-state index in [9.17, 15) is 4.79 Å². The molecule has 1 aliphatic heterocycles. The molecule has 1 aromatic carbocycles. The van der Waals surface area contributed by atoms with Gasteiger partial charge in [0, 0.05) is 13.1 Å². The second-order valence-electron chi connectivity index (χ2n) is 12.0. The quantitative estimate of drug-likeness (QED) is 0.216. The Balaban J connectivity index is 1.13. The number of nitrogen functional groups attached to an aromatic ring is 1. The number of hydrogen-bond donors (Lipinski definition) is 1. The van der Waals surface area contributed by atoms with Gasteiger partial charge in [0.15, 0.2) is 5.65 Å². The standard InChI is InChI=1S/C33H39N7O2/c1-3-9-23(2)10-7-8-13-28(41)39-17-16-33(21-39)18-24(19-33)40-32-29(31(34)36-22-37-32)30(38-40)27-15-14-26(20-35-27)42-25-11-5-4-6-12-25/h4-6,8,11-15,20,22-24H,3,7,9-10,16-19,21H2,1-2H3,(H2,34,36,37)/b13-8+. The molecule has 1 saturated carbocycles. The van der Waals surface area contributed by atoms with Crippen molar-refractivity contribution in [3.63, 3.8) is 0 Å². The highest BCUT2D eigenvalue weighted by Gasteiger charge is 2.50. The zero-order valence-corrected chi connectivity index (χ0v) is 24.4. The van der Waals surface area contributed by atoms with Crippen LogP contribution in [0, 0.1) is 11.3 Å². The number of fused-ring (bicyclic) bond motifs is 1. The van der Waals surface area contributed by atoms with E-state index in [1.165, 1.54) is 19.2 Å². The number of nitrogens with two attached hydrogens (primary N) is 1. The molecule has 2 fully saturated rings. The summed E-state index contributed by atoms with van der Waals surface area (Å²) in [5.41, 5.74) is 8.54. The fourth-order valence-corrected chi connectivity index (χ4v) is 6.51. The minimum atomic E-state index is 0.134. The molecular weight excluding hydrogens is 526 g/mol. The number of aromatic nitrogens is 5. The molecule has 1 aliphatic carbocycles. The van der Waals surface area contributed by atoms with Crippen LogP contribution in [0.25, 0.3) is 22.4 Å². The number of para-hydroxylation sites is 1. The van der Waals surface area contributed by atoms with Gasteiger partial charge in [0.25, 0.3) is 0 Å². The summed E-state index contributed by atoms with van der Waals surface area (Å²) >= 11 is 0. The Morgan fingerprint density at radius 1 is 1.12 bits per heavy atom. The van der Waals surface area contributed by atoms with E-state index < -0.39 is 0 Å². The van der Waals surface area contributed by atoms with Gasteiger partial charge >= 0.3 is 0 Å². The molecule has 9 nitrogen and oxygen atoms in total. The molecule has 9 heteroatoms. The highest BCUT2D eigenvalue weighted by molar-refractivity contribution is 5.97. The van der Waals surface area contributed by atoms with E-state index >= 15 is 0 Å². The molecular formula is C33H39N7O2. The van der Waals surface area contributed by atoms with E-state index in [-0.39, 0.29) is 17.4 Å². The molecule has 218 valence electrons. The van der Waals surface area contributed by atoms with Crippen molar-refractivity contribution in [3.8, 4) is 22.9 Å². The average Bonchev–Trinajstić information content (AvgIpc) is 3.60. The molecule has 0 radical (unpaired) electrons. The Labute approximate surface area is 246 Å². The minimum absolute atomic E-state index is 0.134. The predicted molar refractivity (Wildman–Crippen MR) is 164 cm³/mol. The monoisotopic (exact) mass is 565 g/mol. The number of nitrogens with zero attached hydrogens (tertiary/aromatic N) is 6. The Morgan fingerprint density at radius 2 is 1.95 bits per heavy atom. The number of carbonyl (C=O) groups is 1. The molecule has 42 heavy (non-hydrogen) atoms. The summed E-state index contributed by atoms with van der Waals surface area (Å²) in [6.07, 6.45) is 14.5. The molecule has 4 aromatic rings. The SMILES string of the molecule is CCCC(C)CC/C=C/C(=O)N1CCC2(CC(n3nc(-c4ccc(Oc5ccccc5)cn4)c4c(N)ncnc43)C2)C1. The van der Waals surface area contributed by atoms with Gasteiger partial charge in [-0.25, -0.2) is 14.6 Å². The number of pyridine rings is 1. The predicted octanol–water partition coefficient (Wildman–Crippen LogP) is 6.59. The summed E-state index contributed by atoms with van der Waals surface area (Å²) in [7, 11) is 0. The summed E-state index contributed by atoms with van der Waals surface area (Å²) in [5.74, 6) is 2.62. The molecule has 6 rings (SSSR count). The van der Waals surface area contributed by atoms with Crippen molar-refractivity contribution in [3.05, 3.63) is 67.1 Å². The minimum Gasteiger partial charge on any atom is -0.456 e. The van der Waals surface area contributed by atoms with E-state index in [1.807, 2.05) is 52.0 Å². The average molecular weight is 566 g/mol. The first-order valence-electron chi connectivity index (χ1n) is 15.1. The van der Waals surface area contributed by atoms with E-state index in [0.29, 0.717) is 34.3 Å². The normalized spacial score (nSPS) is 20.8. The maximum Gasteiger partial charge on any atom is 0.246 e. The van der Waals surface area contributed by atoms with E-state index in [0.717, 1.165) is 56.6 Å². The van der Waals surface area contributed by atoms with Crippen molar-refractivity contribution in [1.29, 1.82) is 0 Å². The van der Waals surface area contributed by atoms with Crippen molar-refractivity contribution in [1.82, 2.24) is 29.6 Å². The third kappa shape index (κ3) is 5.73. The largest absolute Gasteiger partial charge is 0.456 e. The Bertz CT molecular complexity index is 1560. The van der Waals surface area contributed by atoms with Crippen LogP contribution in [0.5, 0.6) is 11.5 Å². The van der Waals surface area contributed by atoms with Crippen LogP contribution >= 0.6 is 0 Å². The first-order valence-corrected chi connectivity index (χ1v) is 15.1. The lowest BCUT2D eigenvalue weighted by Gasteiger charge is -2.45. The number of rotatable bonds is 10. The van der Waals surface area contributed by atoms with Crippen molar-refractivity contribution in [2.24, 2.45) is 11.3 Å². The molecule has 2 aliphatic rings. The fourth-order valence-electron chi connectivity index (χ4n) is 6.51. The number of ether oxygens (including phenoxy) is 1. The van der Waals surface area contributed by atoms with Crippen molar-refractivity contribution in [2.45, 2.75) is 64.8 Å². The topological polar surface area (TPSA) is 112 Å². The zero-order valence-electron chi connectivity index (χ0n) is 24.4. The first kappa shape index (κ1) is 27.9. The van der Waals surface area contributed by atoms with Gasteiger partial charge < -0.3 is 15.4 Å². The third-order valence-electron chi connectivity index (χ3n) is 8.78. The smallest absolute Gasteiger partial charge is 0.246 e. The lowest BCUT2D eigenvalue weighted by molar-refractivity contribution is -0.125. The molecule has 2 N–H and O–H groups in total. The zero-order chi connectivity index (χ0) is 29.1. The van der Waals surface area contributed by atoms with Gasteiger partial charge in [0.05, 0.1) is 23.3 Å². The summed E-state index contributed by atoms with van der Waals surface area (Å²) in [4.78, 5) is 28.3. The van der Waals surface area contributed by atoms with Crippen LogP contribution < -0.4 is 10.5 Å². The van der Waals surface area contributed by atoms with Gasteiger partial charge in [-0.2, -0.15) is 5.10 Å². The van der Waals surface area contributed by atoms with E-state index in [4.69, 9.17) is 15.6 Å². The Hall–Kier alpha value is -4.27. The molecule has 0 bridgehead atoms. The van der Waals surface area contributed by atoms with Gasteiger partial charge in [-0.15, -0.1) is 0 Å². The Morgan fingerprint density at radius 3 is 2.71 bits per heavy atom. The molecule has 3 aromatic heterocycles. The maximum absolute atomic E-state index is 12.9. The molecule has 1 amide bonds. The number of benzene rings is 1. The maximum atomic E-state index is 12.9. The van der Waals surface area contributed by atoms with E-state index in [2.05, 4.69) is 34.9 Å². The van der Waals surface area contributed by atoms with Crippen molar-refractivity contribution < 1.29 is 9.53 Å². The number of hydrogen-bond acceptors (Lipinski definition) is 7. The molecule has 1 unspecified atom stereocenters. The van der Waals surface area contributed by atoms with Crippen LogP contribution in [0.15, 0.2) is 67.1 Å². The van der Waals surface area contributed by atoms with Crippen molar-refractivity contribution in [2.75, 3.05) is 18.8 Å². The van der Waals surface area contributed by atoms with Gasteiger partial charge in [-0.3, -0.25) is 9.78 Å². The number of likely N-dealkylation sites (tertiary alicyclic amines) is 1. The Kier molecular flexibility index (Phi) is 7.91. The number of anilines is 1. The highest BCUT2D eigenvalue weighted by atomic mass is 16.5. The summed E-state index contributed by atoms with van der Waals surface area (Å²) < 4.78 is 7.90. The molecule has 4 heterocycles. The third-order valence-corrected chi connectivity index (χ3v) is 8.78. The first-order chi connectivity index (χ1) is 20.4. The van der Waals surface area contributed by atoms with E-state index in [1.54, 1.807) is 12.3 Å². The van der Waals surface area contributed by atoms with Crippen LogP contribution in [0.2, 0.25) is 0 Å². The second kappa shape index (κ2) is 11.9. The highest BCUT2D eigenvalue weighted by Crippen LogP contribution is 2.54. The van der Waals surface area contributed by atoms with Crippen molar-refractivity contribution >= 4 is 22.8 Å². The lowest BCUT2D eigenvalue weighted by Crippen LogP contribution is -2.42. The van der Waals surface area contributed by atoms with Crippen LogP contribution in [0.1, 0.15) is 64.8 Å². The van der Waals surface area contributed by atoms with Crippen LogP contribution in [-0.2, 0) is 4.79 Å². The number of amides is 1. The fraction of sp³-hybridized carbons (Fsp3) is 0.424. The summed E-state index contributed by atoms with van der Waals surface area (Å²) in [6.45, 7) is 6.12. The summed E-state index contributed by atoms with van der Waals surface area (Å²) in [6, 6.07) is 13.6. The van der Waals surface area contributed by atoms with Crippen LogP contribution in [0.3, 0.4) is 0 Å². The molecule has 1 saturated heterocycles. The lowest BCUT2D eigenvalue weighted by atomic mass is 9.65. The van der Waals surface area contributed by atoms with Gasteiger partial charge in [-0.1, -0.05) is 51.0 Å². The summed E-state index contributed by atoms with van der Waals surface area (Å²) in [5, 5.41) is 5.69. The van der Waals surface area contributed by atoms with Gasteiger partial charge in [0.2, 0.25) is 5.91 Å². The second-order valence-corrected chi connectivity index (χ2v) is 12.0. The molecule has 1 atom stereocenters. The number of carbonyl (C=O) groups excluding carboxylic acids is 1. The number of allylic oxidation sites excluding steroid dienone is 1. The van der Waals surface area contributed by atoms with Crippen LogP contribution in [0.4, 0.5) is 5.82 Å². The van der Waals surface area contributed by atoms with Gasteiger partial charge in [0.1, 0.15) is 29.3 Å².